The molecule has 3 aromatic rings. The number of benzene rings is 2. The van der Waals surface area contributed by atoms with Crippen molar-refractivity contribution in [2.45, 2.75) is 0 Å². The molecule has 0 aliphatic carbocycles. The molecule has 4 rings (SSSR count). The molecule has 2 aromatic carbocycles. The molecule has 29 heavy (non-hydrogen) atoms. The number of anilines is 3. The molecule has 0 bridgehead atoms. The Balaban J connectivity index is 1.35. The minimum absolute atomic E-state index is 0.0754. The van der Waals surface area contributed by atoms with Crippen LogP contribution in [0.25, 0.3) is 0 Å². The zero-order valence-corrected chi connectivity index (χ0v) is 15.7. The fraction of sp³-hybridized carbons (Fsp3) is 0.182. The summed E-state index contributed by atoms with van der Waals surface area (Å²) in [5, 5.41) is 3.01. The summed E-state index contributed by atoms with van der Waals surface area (Å²) in [5.41, 5.74) is 2.05. The van der Waals surface area contributed by atoms with E-state index >= 15 is 0 Å². The van der Waals surface area contributed by atoms with Gasteiger partial charge in [0.05, 0.1) is 5.56 Å². The molecule has 1 aliphatic heterocycles. The summed E-state index contributed by atoms with van der Waals surface area (Å²) in [6.07, 6.45) is 1.52. The number of carbonyl (C=O) groups is 1. The minimum Gasteiger partial charge on any atom is -0.368 e. The monoisotopic (exact) mass is 394 g/mol. The highest BCUT2D eigenvalue weighted by molar-refractivity contribution is 5.94. The van der Waals surface area contributed by atoms with Gasteiger partial charge in [-0.05, 0) is 54.6 Å². The van der Waals surface area contributed by atoms with Crippen molar-refractivity contribution in [3.05, 3.63) is 84.1 Å². The number of nitrogens with zero attached hydrogens (tertiary/aromatic N) is 3. The highest BCUT2D eigenvalue weighted by Crippen LogP contribution is 2.19. The van der Waals surface area contributed by atoms with Crippen LogP contribution in [0.1, 0.15) is 10.4 Å². The van der Waals surface area contributed by atoms with E-state index in [1.807, 2.05) is 0 Å². The summed E-state index contributed by atoms with van der Waals surface area (Å²) in [5.74, 6) is -0.131. The summed E-state index contributed by atoms with van der Waals surface area (Å²) in [7, 11) is 0. The number of piperazine rings is 1. The van der Waals surface area contributed by atoms with E-state index in [2.05, 4.69) is 15.2 Å². The smallest absolute Gasteiger partial charge is 0.255 e. The van der Waals surface area contributed by atoms with Crippen molar-refractivity contribution in [3.63, 3.8) is 0 Å². The van der Waals surface area contributed by atoms with Crippen LogP contribution in [0.3, 0.4) is 0 Å². The molecule has 0 unspecified atom stereocenters. The van der Waals surface area contributed by atoms with E-state index < -0.39 is 0 Å². The zero-order valence-electron chi connectivity index (χ0n) is 15.7. The lowest BCUT2D eigenvalue weighted by molar-refractivity contribution is 0.0746. The van der Waals surface area contributed by atoms with E-state index in [1.54, 1.807) is 41.3 Å². The van der Waals surface area contributed by atoms with Crippen LogP contribution in [-0.2, 0) is 0 Å². The molecular weight excluding hydrogens is 374 g/mol. The molecule has 1 saturated heterocycles. The van der Waals surface area contributed by atoms with Crippen LogP contribution in [0.15, 0.2) is 66.9 Å². The van der Waals surface area contributed by atoms with Crippen LogP contribution in [0, 0.1) is 11.6 Å². The highest BCUT2D eigenvalue weighted by Gasteiger charge is 2.22. The number of pyridine rings is 1. The molecule has 2 heterocycles. The third kappa shape index (κ3) is 4.51. The Morgan fingerprint density at radius 2 is 1.66 bits per heavy atom. The minimum atomic E-state index is -0.332. The number of hydrogen-bond acceptors (Lipinski definition) is 4. The second kappa shape index (κ2) is 8.26. The first kappa shape index (κ1) is 18.9. The lowest BCUT2D eigenvalue weighted by Gasteiger charge is -2.36. The van der Waals surface area contributed by atoms with Gasteiger partial charge in [0.2, 0.25) is 0 Å². The van der Waals surface area contributed by atoms with Crippen LogP contribution in [0.2, 0.25) is 0 Å². The highest BCUT2D eigenvalue weighted by atomic mass is 19.1. The molecule has 1 N–H and O–H groups in total. The fourth-order valence-corrected chi connectivity index (χ4v) is 3.31. The van der Waals surface area contributed by atoms with Crippen molar-refractivity contribution in [1.29, 1.82) is 0 Å². The Labute approximate surface area is 167 Å². The first-order chi connectivity index (χ1) is 14.1. The van der Waals surface area contributed by atoms with E-state index in [4.69, 9.17) is 0 Å². The summed E-state index contributed by atoms with van der Waals surface area (Å²) < 4.78 is 26.3. The predicted molar refractivity (Wildman–Crippen MR) is 108 cm³/mol. The summed E-state index contributed by atoms with van der Waals surface area (Å²) >= 11 is 0. The van der Waals surface area contributed by atoms with Crippen molar-refractivity contribution in [2.24, 2.45) is 0 Å². The average Bonchev–Trinajstić information content (AvgIpc) is 2.75. The summed E-state index contributed by atoms with van der Waals surface area (Å²) in [6, 6.07) is 15.9. The van der Waals surface area contributed by atoms with Gasteiger partial charge in [-0.15, -0.1) is 0 Å². The van der Waals surface area contributed by atoms with Crippen LogP contribution < -0.4 is 10.2 Å². The van der Waals surface area contributed by atoms with E-state index in [-0.39, 0.29) is 17.5 Å². The maximum absolute atomic E-state index is 13.3. The zero-order chi connectivity index (χ0) is 20.2. The SMILES string of the molecule is O=C(c1ccc(Nc2cccc(F)c2)nc1)N1CCN(c2ccc(F)cc2)CC1. The van der Waals surface area contributed by atoms with Gasteiger partial charge in [0.15, 0.2) is 0 Å². The molecule has 0 saturated carbocycles. The lowest BCUT2D eigenvalue weighted by atomic mass is 10.2. The Bertz CT molecular complexity index is 984. The van der Waals surface area contributed by atoms with Gasteiger partial charge in [0, 0.05) is 43.8 Å². The summed E-state index contributed by atoms with van der Waals surface area (Å²) in [4.78, 5) is 20.9. The molecular formula is C22H20F2N4O. The second-order valence-corrected chi connectivity index (χ2v) is 6.82. The van der Waals surface area contributed by atoms with Crippen LogP contribution in [-0.4, -0.2) is 42.0 Å². The third-order valence-corrected chi connectivity index (χ3v) is 4.87. The maximum atomic E-state index is 13.3. The fourth-order valence-electron chi connectivity index (χ4n) is 3.31. The molecule has 1 fully saturated rings. The van der Waals surface area contributed by atoms with Gasteiger partial charge >= 0.3 is 0 Å². The van der Waals surface area contributed by atoms with Crippen molar-refractivity contribution >= 4 is 23.1 Å². The van der Waals surface area contributed by atoms with Crippen LogP contribution in [0.5, 0.6) is 0 Å². The largest absolute Gasteiger partial charge is 0.368 e. The Hall–Kier alpha value is -3.48. The lowest BCUT2D eigenvalue weighted by Crippen LogP contribution is -2.48. The van der Waals surface area contributed by atoms with Crippen molar-refractivity contribution < 1.29 is 13.6 Å². The first-order valence-electron chi connectivity index (χ1n) is 9.37. The van der Waals surface area contributed by atoms with Gasteiger partial charge in [0.1, 0.15) is 17.5 Å². The Morgan fingerprint density at radius 3 is 2.31 bits per heavy atom. The topological polar surface area (TPSA) is 48.5 Å². The molecule has 0 radical (unpaired) electrons. The molecule has 5 nitrogen and oxygen atoms in total. The number of rotatable bonds is 4. The number of hydrogen-bond donors (Lipinski definition) is 1. The second-order valence-electron chi connectivity index (χ2n) is 6.82. The maximum Gasteiger partial charge on any atom is 0.255 e. The quantitative estimate of drug-likeness (QED) is 0.725. The molecule has 1 aromatic heterocycles. The molecule has 7 heteroatoms. The normalized spacial score (nSPS) is 14.0. The predicted octanol–water partition coefficient (Wildman–Crippen LogP) is 4.07. The van der Waals surface area contributed by atoms with Gasteiger partial charge in [-0.2, -0.15) is 0 Å². The Morgan fingerprint density at radius 1 is 0.897 bits per heavy atom. The molecule has 0 spiro atoms. The van der Waals surface area contributed by atoms with Crippen molar-refractivity contribution in [2.75, 3.05) is 36.4 Å². The van der Waals surface area contributed by atoms with E-state index in [1.165, 1.54) is 30.5 Å². The molecule has 1 aliphatic rings. The van der Waals surface area contributed by atoms with Gasteiger partial charge < -0.3 is 15.1 Å². The number of aromatic nitrogens is 1. The van der Waals surface area contributed by atoms with Gasteiger partial charge in [-0.3, -0.25) is 4.79 Å². The van der Waals surface area contributed by atoms with Crippen LogP contribution >= 0.6 is 0 Å². The number of halogens is 2. The number of amides is 1. The van der Waals surface area contributed by atoms with Crippen molar-refractivity contribution in [1.82, 2.24) is 9.88 Å². The van der Waals surface area contributed by atoms with E-state index in [0.29, 0.717) is 43.2 Å². The van der Waals surface area contributed by atoms with E-state index in [0.717, 1.165) is 5.69 Å². The molecule has 148 valence electrons. The van der Waals surface area contributed by atoms with Gasteiger partial charge in [0.25, 0.3) is 5.91 Å². The number of nitrogens with one attached hydrogen (secondary N) is 1. The Kier molecular flexibility index (Phi) is 5.37. The van der Waals surface area contributed by atoms with Gasteiger partial charge in [-0.1, -0.05) is 6.07 Å². The third-order valence-electron chi connectivity index (χ3n) is 4.87. The van der Waals surface area contributed by atoms with Crippen molar-refractivity contribution in [3.8, 4) is 0 Å². The molecule has 0 atom stereocenters. The standard InChI is InChI=1S/C22H20F2N4O/c23-17-5-7-20(8-6-17)27-10-12-28(13-11-27)22(29)16-4-9-21(25-15-16)26-19-3-1-2-18(24)14-19/h1-9,14-15H,10-13H2,(H,25,26). The molecule has 1 amide bonds. The number of carbonyl (C=O) groups excluding carboxylic acids is 1. The summed E-state index contributed by atoms with van der Waals surface area (Å²) in [6.45, 7) is 2.53. The first-order valence-corrected chi connectivity index (χ1v) is 9.37. The average molecular weight is 394 g/mol. The van der Waals surface area contributed by atoms with E-state index in [9.17, 15) is 13.6 Å². The van der Waals surface area contributed by atoms with Crippen LogP contribution in [0.4, 0.5) is 26.0 Å². The van der Waals surface area contributed by atoms with Gasteiger partial charge in [-0.25, -0.2) is 13.8 Å².